The van der Waals surface area contributed by atoms with Crippen LogP contribution in [0, 0.1) is 0 Å². The van der Waals surface area contributed by atoms with Crippen LogP contribution in [-0.4, -0.2) is 12.0 Å². The second-order valence-electron chi connectivity index (χ2n) is 4.12. The van der Waals surface area contributed by atoms with E-state index >= 15 is 0 Å². The third-order valence-corrected chi connectivity index (χ3v) is 3.72. The Morgan fingerprint density at radius 3 is 2.79 bits per heavy atom. The number of nitrogens with one attached hydrogen (secondary N) is 1. The van der Waals surface area contributed by atoms with E-state index in [1.54, 1.807) is 0 Å². The van der Waals surface area contributed by atoms with E-state index in [2.05, 4.69) is 21.4 Å². The SMILES string of the molecule is CC[C@@H](Oc1ccc2ccccc2c1Br)C(=O)NN. The lowest BCUT2D eigenvalue weighted by Crippen LogP contribution is -2.41. The van der Waals surface area contributed by atoms with Crippen molar-refractivity contribution in [1.29, 1.82) is 0 Å². The number of ether oxygens (including phenoxy) is 1. The number of carbonyl (C=O) groups is 1. The lowest BCUT2D eigenvalue weighted by atomic mass is 10.1. The Balaban J connectivity index is 2.35. The van der Waals surface area contributed by atoms with Crippen LogP contribution in [0.4, 0.5) is 0 Å². The van der Waals surface area contributed by atoms with Crippen molar-refractivity contribution in [2.24, 2.45) is 5.84 Å². The molecule has 19 heavy (non-hydrogen) atoms. The first-order valence-corrected chi connectivity index (χ1v) is 6.81. The topological polar surface area (TPSA) is 64.3 Å². The molecule has 0 aliphatic heterocycles. The summed E-state index contributed by atoms with van der Waals surface area (Å²) >= 11 is 3.52. The summed E-state index contributed by atoms with van der Waals surface area (Å²) in [5, 5.41) is 2.15. The maximum absolute atomic E-state index is 11.5. The molecule has 2 aromatic rings. The van der Waals surface area contributed by atoms with E-state index in [-0.39, 0.29) is 5.91 Å². The van der Waals surface area contributed by atoms with E-state index in [1.807, 2.05) is 43.3 Å². The first-order chi connectivity index (χ1) is 9.17. The van der Waals surface area contributed by atoms with Gasteiger partial charge in [0.2, 0.25) is 0 Å². The molecule has 0 fully saturated rings. The molecule has 4 nitrogen and oxygen atoms in total. The summed E-state index contributed by atoms with van der Waals surface area (Å²) in [6.45, 7) is 1.87. The van der Waals surface area contributed by atoms with Crippen molar-refractivity contribution < 1.29 is 9.53 Å². The van der Waals surface area contributed by atoms with Gasteiger partial charge in [-0.1, -0.05) is 37.3 Å². The second kappa shape index (κ2) is 6.04. The van der Waals surface area contributed by atoms with E-state index < -0.39 is 6.10 Å². The summed E-state index contributed by atoms with van der Waals surface area (Å²) in [7, 11) is 0. The van der Waals surface area contributed by atoms with Gasteiger partial charge in [0.25, 0.3) is 5.91 Å². The number of fused-ring (bicyclic) bond motifs is 1. The standard InChI is InChI=1S/C14H15BrN2O2/c1-2-11(14(18)17-16)19-12-8-7-9-5-3-4-6-10(9)13(12)15/h3-8,11H,2,16H2,1H3,(H,17,18)/t11-/m1/s1. The Bertz CT molecular complexity index is 601. The van der Waals surface area contributed by atoms with E-state index in [1.165, 1.54) is 0 Å². The van der Waals surface area contributed by atoms with Gasteiger partial charge in [0.15, 0.2) is 6.10 Å². The summed E-state index contributed by atoms with van der Waals surface area (Å²) in [4.78, 5) is 11.5. The number of halogens is 1. The lowest BCUT2D eigenvalue weighted by Gasteiger charge is -2.17. The highest BCUT2D eigenvalue weighted by molar-refractivity contribution is 9.10. The van der Waals surface area contributed by atoms with Crippen LogP contribution < -0.4 is 16.0 Å². The van der Waals surface area contributed by atoms with Crippen LogP contribution >= 0.6 is 15.9 Å². The third-order valence-electron chi connectivity index (χ3n) is 2.90. The maximum atomic E-state index is 11.5. The first-order valence-electron chi connectivity index (χ1n) is 6.01. The van der Waals surface area contributed by atoms with Crippen LogP contribution in [0.5, 0.6) is 5.75 Å². The Morgan fingerprint density at radius 1 is 1.37 bits per heavy atom. The summed E-state index contributed by atoms with van der Waals surface area (Å²) in [5.74, 6) is 5.44. The van der Waals surface area contributed by atoms with Crippen LogP contribution in [0.3, 0.4) is 0 Å². The molecule has 0 bridgehead atoms. The minimum atomic E-state index is -0.595. The van der Waals surface area contributed by atoms with Crippen LogP contribution in [0.1, 0.15) is 13.3 Å². The van der Waals surface area contributed by atoms with E-state index in [0.717, 1.165) is 15.2 Å². The van der Waals surface area contributed by atoms with Gasteiger partial charge in [0.1, 0.15) is 5.75 Å². The fourth-order valence-corrected chi connectivity index (χ4v) is 2.46. The molecule has 1 atom stereocenters. The van der Waals surface area contributed by atoms with Crippen molar-refractivity contribution in [2.75, 3.05) is 0 Å². The van der Waals surface area contributed by atoms with Crippen LogP contribution in [-0.2, 0) is 4.79 Å². The van der Waals surface area contributed by atoms with Crippen molar-refractivity contribution in [1.82, 2.24) is 5.43 Å². The number of hydrogen-bond acceptors (Lipinski definition) is 3. The molecule has 0 aliphatic rings. The molecule has 0 saturated heterocycles. The predicted octanol–water partition coefficient (Wildman–Crippen LogP) is 2.75. The van der Waals surface area contributed by atoms with Crippen LogP contribution in [0.15, 0.2) is 40.9 Å². The molecule has 0 radical (unpaired) electrons. The quantitative estimate of drug-likeness (QED) is 0.517. The van der Waals surface area contributed by atoms with E-state index in [0.29, 0.717) is 12.2 Å². The van der Waals surface area contributed by atoms with Crippen LogP contribution in [0.25, 0.3) is 10.8 Å². The van der Waals surface area contributed by atoms with E-state index in [9.17, 15) is 4.79 Å². The Labute approximate surface area is 120 Å². The van der Waals surface area contributed by atoms with Crippen molar-refractivity contribution in [3.05, 3.63) is 40.9 Å². The number of rotatable bonds is 4. The van der Waals surface area contributed by atoms with Gasteiger partial charge in [0, 0.05) is 0 Å². The molecular weight excluding hydrogens is 308 g/mol. The van der Waals surface area contributed by atoms with Gasteiger partial charge in [-0.05, 0) is 39.2 Å². The molecule has 0 saturated carbocycles. The highest BCUT2D eigenvalue weighted by Crippen LogP contribution is 2.33. The predicted molar refractivity (Wildman–Crippen MR) is 78.7 cm³/mol. The molecule has 0 unspecified atom stereocenters. The monoisotopic (exact) mass is 322 g/mol. The number of hydrogen-bond donors (Lipinski definition) is 2. The fourth-order valence-electron chi connectivity index (χ4n) is 1.87. The molecule has 0 spiro atoms. The zero-order valence-corrected chi connectivity index (χ0v) is 12.1. The summed E-state index contributed by atoms with van der Waals surface area (Å²) < 4.78 is 6.56. The van der Waals surface area contributed by atoms with Gasteiger partial charge in [0.05, 0.1) is 4.47 Å². The summed E-state index contributed by atoms with van der Waals surface area (Å²) in [6, 6.07) is 11.8. The number of benzene rings is 2. The normalized spacial score (nSPS) is 12.2. The van der Waals surface area contributed by atoms with Gasteiger partial charge < -0.3 is 4.74 Å². The molecular formula is C14H15BrN2O2. The molecule has 5 heteroatoms. The number of hydrazine groups is 1. The second-order valence-corrected chi connectivity index (χ2v) is 4.92. The minimum absolute atomic E-state index is 0.331. The molecule has 0 aromatic heterocycles. The largest absolute Gasteiger partial charge is 0.479 e. The van der Waals surface area contributed by atoms with E-state index in [4.69, 9.17) is 10.6 Å². The Morgan fingerprint density at radius 2 is 2.11 bits per heavy atom. The Hall–Kier alpha value is -1.59. The Kier molecular flexibility index (Phi) is 4.39. The average molecular weight is 323 g/mol. The van der Waals surface area contributed by atoms with Gasteiger partial charge in [-0.15, -0.1) is 0 Å². The zero-order chi connectivity index (χ0) is 13.8. The maximum Gasteiger partial charge on any atom is 0.274 e. The first kappa shape index (κ1) is 13.8. The highest BCUT2D eigenvalue weighted by Gasteiger charge is 2.18. The molecule has 100 valence electrons. The molecule has 1 amide bonds. The van der Waals surface area contributed by atoms with Crippen LogP contribution in [0.2, 0.25) is 0 Å². The minimum Gasteiger partial charge on any atom is -0.479 e. The van der Waals surface area contributed by atoms with Gasteiger partial charge in [-0.25, -0.2) is 5.84 Å². The third kappa shape index (κ3) is 2.88. The van der Waals surface area contributed by atoms with Crippen molar-refractivity contribution in [3.63, 3.8) is 0 Å². The van der Waals surface area contributed by atoms with Crippen molar-refractivity contribution in [3.8, 4) is 5.75 Å². The number of carbonyl (C=O) groups excluding carboxylic acids is 1. The van der Waals surface area contributed by atoms with Crippen molar-refractivity contribution >= 4 is 32.6 Å². The fraction of sp³-hybridized carbons (Fsp3) is 0.214. The van der Waals surface area contributed by atoms with Crippen molar-refractivity contribution in [2.45, 2.75) is 19.4 Å². The van der Waals surface area contributed by atoms with Gasteiger partial charge >= 0.3 is 0 Å². The number of amides is 1. The number of nitrogens with two attached hydrogens (primary N) is 1. The lowest BCUT2D eigenvalue weighted by molar-refractivity contribution is -0.128. The summed E-state index contributed by atoms with van der Waals surface area (Å²) in [5.41, 5.74) is 2.11. The molecule has 2 aromatic carbocycles. The van der Waals surface area contributed by atoms with Gasteiger partial charge in [-0.2, -0.15) is 0 Å². The van der Waals surface area contributed by atoms with Gasteiger partial charge in [-0.3, -0.25) is 10.2 Å². The average Bonchev–Trinajstić information content (AvgIpc) is 2.46. The highest BCUT2D eigenvalue weighted by atomic mass is 79.9. The molecule has 2 rings (SSSR count). The molecule has 0 aliphatic carbocycles. The zero-order valence-electron chi connectivity index (χ0n) is 10.5. The molecule has 3 N–H and O–H groups in total. The summed E-state index contributed by atoms with van der Waals surface area (Å²) in [6.07, 6.45) is -0.0510. The smallest absolute Gasteiger partial charge is 0.274 e. The molecule has 0 heterocycles.